The van der Waals surface area contributed by atoms with Crippen molar-refractivity contribution in [2.75, 3.05) is 19.6 Å². The molecular weight excluding hydrogens is 302 g/mol. The van der Waals surface area contributed by atoms with Crippen LogP contribution in [0.2, 0.25) is 0 Å². The molecule has 0 aromatic rings. The molecule has 4 heteroatoms. The van der Waals surface area contributed by atoms with Crippen LogP contribution in [0.4, 0.5) is 0 Å². The van der Waals surface area contributed by atoms with Crippen molar-refractivity contribution in [3.05, 3.63) is 23.3 Å². The predicted molar refractivity (Wildman–Crippen MR) is 94.5 cm³/mol. The number of esters is 1. The Morgan fingerprint density at radius 3 is 2.71 bits per heavy atom. The van der Waals surface area contributed by atoms with Gasteiger partial charge in [-0.15, -0.1) is 0 Å². The van der Waals surface area contributed by atoms with E-state index in [0.29, 0.717) is 0 Å². The molecule has 1 N–H and O–H groups in total. The summed E-state index contributed by atoms with van der Waals surface area (Å²) in [6.07, 6.45) is 9.82. The number of allylic oxidation sites excluding steroid dienone is 2. The fourth-order valence-electron chi connectivity index (χ4n) is 4.42. The van der Waals surface area contributed by atoms with Gasteiger partial charge in [0.25, 0.3) is 0 Å². The number of aliphatic hydroxyl groups excluding tert-OH is 1. The van der Waals surface area contributed by atoms with Gasteiger partial charge in [0.1, 0.15) is 6.10 Å². The Kier molecular flexibility index (Phi) is 5.77. The third-order valence-corrected chi connectivity index (χ3v) is 5.77. The van der Waals surface area contributed by atoms with Gasteiger partial charge in [-0.05, 0) is 52.6 Å². The number of carbonyl (C=O) groups excluding carboxylic acids is 1. The summed E-state index contributed by atoms with van der Waals surface area (Å²) in [6, 6.07) is 0. The third kappa shape index (κ3) is 4.09. The third-order valence-electron chi connectivity index (χ3n) is 5.77. The number of likely N-dealkylation sites (tertiary alicyclic amines) is 1. The molecule has 2 aliphatic heterocycles. The Hall–Kier alpha value is -1.13. The van der Waals surface area contributed by atoms with E-state index < -0.39 is 6.10 Å². The van der Waals surface area contributed by atoms with E-state index in [0.717, 1.165) is 38.9 Å². The van der Waals surface area contributed by atoms with Crippen LogP contribution < -0.4 is 0 Å². The van der Waals surface area contributed by atoms with Crippen molar-refractivity contribution in [2.45, 2.75) is 64.6 Å². The van der Waals surface area contributed by atoms with Gasteiger partial charge in [0.2, 0.25) is 0 Å². The highest BCUT2D eigenvalue weighted by Gasteiger charge is 2.48. The molecule has 3 rings (SSSR count). The standard InChI is InChI=1S/C20H31NO3/c1-14-7-6-8-15(2)12-18-19(17(22)11-14)16(20(23)24-18)13-21-9-4-3-5-10-21/h8,11,16-19,22H,3-7,9-10,12-13H2,1-2H3/b14-11+,15-8?/t16-,17-,18+,19+/m1/s1. The quantitative estimate of drug-likeness (QED) is 0.623. The lowest BCUT2D eigenvalue weighted by Gasteiger charge is -2.31. The molecule has 0 aromatic carbocycles. The fourth-order valence-corrected chi connectivity index (χ4v) is 4.42. The normalized spacial score (nSPS) is 37.9. The van der Waals surface area contributed by atoms with Crippen LogP contribution in [0, 0.1) is 11.8 Å². The van der Waals surface area contributed by atoms with E-state index in [-0.39, 0.29) is 23.9 Å². The van der Waals surface area contributed by atoms with Crippen LogP contribution >= 0.6 is 0 Å². The highest BCUT2D eigenvalue weighted by Crippen LogP contribution is 2.37. The summed E-state index contributed by atoms with van der Waals surface area (Å²) >= 11 is 0. The number of carbonyl (C=O) groups is 1. The summed E-state index contributed by atoms with van der Waals surface area (Å²) < 4.78 is 5.73. The zero-order chi connectivity index (χ0) is 17.1. The molecule has 0 bridgehead atoms. The molecule has 0 saturated carbocycles. The number of hydrogen-bond donors (Lipinski definition) is 1. The number of hydrogen-bond acceptors (Lipinski definition) is 4. The number of fused-ring (bicyclic) bond motifs is 1. The van der Waals surface area contributed by atoms with E-state index in [9.17, 15) is 9.90 Å². The predicted octanol–water partition coefficient (Wildman–Crippen LogP) is 3.07. The lowest BCUT2D eigenvalue weighted by Crippen LogP contribution is -2.41. The molecule has 0 amide bonds. The largest absolute Gasteiger partial charge is 0.461 e. The first-order valence-corrected chi connectivity index (χ1v) is 9.48. The molecule has 0 radical (unpaired) electrons. The molecule has 134 valence electrons. The van der Waals surface area contributed by atoms with Gasteiger partial charge in [-0.3, -0.25) is 4.79 Å². The maximum atomic E-state index is 12.5. The zero-order valence-electron chi connectivity index (χ0n) is 15.0. The number of rotatable bonds is 2. The van der Waals surface area contributed by atoms with E-state index in [4.69, 9.17) is 4.74 Å². The van der Waals surface area contributed by atoms with Crippen molar-refractivity contribution < 1.29 is 14.6 Å². The van der Waals surface area contributed by atoms with Crippen molar-refractivity contribution in [3.63, 3.8) is 0 Å². The Morgan fingerprint density at radius 2 is 1.96 bits per heavy atom. The van der Waals surface area contributed by atoms with E-state index in [1.54, 1.807) is 0 Å². The highest BCUT2D eigenvalue weighted by molar-refractivity contribution is 5.76. The van der Waals surface area contributed by atoms with Gasteiger partial charge < -0.3 is 14.7 Å². The van der Waals surface area contributed by atoms with Gasteiger partial charge in [-0.1, -0.05) is 29.7 Å². The molecule has 0 aromatic heterocycles. The van der Waals surface area contributed by atoms with E-state index in [1.807, 2.05) is 6.08 Å². The second-order valence-corrected chi connectivity index (χ2v) is 7.82. The minimum absolute atomic E-state index is 0.118. The second kappa shape index (κ2) is 7.83. The Morgan fingerprint density at radius 1 is 1.21 bits per heavy atom. The summed E-state index contributed by atoms with van der Waals surface area (Å²) in [7, 11) is 0. The van der Waals surface area contributed by atoms with Crippen molar-refractivity contribution in [1.29, 1.82) is 0 Å². The molecule has 4 nitrogen and oxygen atoms in total. The highest BCUT2D eigenvalue weighted by atomic mass is 16.6. The first-order valence-electron chi connectivity index (χ1n) is 9.48. The molecule has 2 heterocycles. The molecule has 24 heavy (non-hydrogen) atoms. The average molecular weight is 333 g/mol. The Balaban J connectivity index is 1.81. The van der Waals surface area contributed by atoms with Crippen LogP contribution in [0.5, 0.6) is 0 Å². The second-order valence-electron chi connectivity index (χ2n) is 7.82. The number of ether oxygens (including phenoxy) is 1. The summed E-state index contributed by atoms with van der Waals surface area (Å²) in [5.74, 6) is -0.456. The molecule has 2 saturated heterocycles. The average Bonchev–Trinajstić information content (AvgIpc) is 2.83. The Labute approximate surface area is 145 Å². The summed E-state index contributed by atoms with van der Waals surface area (Å²) in [5, 5.41) is 10.8. The van der Waals surface area contributed by atoms with Crippen LogP contribution in [0.15, 0.2) is 23.3 Å². The van der Waals surface area contributed by atoms with Gasteiger partial charge >= 0.3 is 5.97 Å². The van der Waals surface area contributed by atoms with Crippen LogP contribution in [0.1, 0.15) is 52.4 Å². The maximum Gasteiger partial charge on any atom is 0.311 e. The first kappa shape index (κ1) is 17.7. The van der Waals surface area contributed by atoms with Gasteiger partial charge in [0.15, 0.2) is 0 Å². The summed E-state index contributed by atoms with van der Waals surface area (Å²) in [6.45, 7) is 7.03. The lowest BCUT2D eigenvalue weighted by atomic mass is 9.81. The molecule has 3 aliphatic rings. The molecule has 1 aliphatic carbocycles. The van der Waals surface area contributed by atoms with Crippen LogP contribution in [0.25, 0.3) is 0 Å². The van der Waals surface area contributed by atoms with Gasteiger partial charge in [0, 0.05) is 18.9 Å². The zero-order valence-corrected chi connectivity index (χ0v) is 15.0. The van der Waals surface area contributed by atoms with Gasteiger partial charge in [-0.25, -0.2) is 0 Å². The summed E-state index contributed by atoms with van der Waals surface area (Å²) in [5.41, 5.74) is 2.46. The monoisotopic (exact) mass is 333 g/mol. The summed E-state index contributed by atoms with van der Waals surface area (Å²) in [4.78, 5) is 14.9. The van der Waals surface area contributed by atoms with Crippen molar-refractivity contribution in [2.24, 2.45) is 11.8 Å². The van der Waals surface area contributed by atoms with Gasteiger partial charge in [-0.2, -0.15) is 0 Å². The topological polar surface area (TPSA) is 49.8 Å². The van der Waals surface area contributed by atoms with Crippen molar-refractivity contribution >= 4 is 5.97 Å². The van der Waals surface area contributed by atoms with Crippen LogP contribution in [0.3, 0.4) is 0 Å². The van der Waals surface area contributed by atoms with Crippen LogP contribution in [-0.4, -0.2) is 47.8 Å². The van der Waals surface area contributed by atoms with E-state index >= 15 is 0 Å². The minimum atomic E-state index is -0.595. The molecular formula is C20H31NO3. The first-order chi connectivity index (χ1) is 11.5. The number of aliphatic hydroxyl groups is 1. The van der Waals surface area contributed by atoms with Crippen molar-refractivity contribution in [1.82, 2.24) is 4.90 Å². The fraction of sp³-hybridized carbons (Fsp3) is 0.750. The Bertz CT molecular complexity index is 519. The number of nitrogens with zero attached hydrogens (tertiary/aromatic N) is 1. The van der Waals surface area contributed by atoms with Crippen LogP contribution in [-0.2, 0) is 9.53 Å². The SMILES string of the molecule is CC1=CCC/C(C)=C/[C@@H](O)[C@H]2[C@H](C1)OC(=O)[C@@H]2CN1CCCCC1. The lowest BCUT2D eigenvalue weighted by molar-refractivity contribution is -0.144. The minimum Gasteiger partial charge on any atom is -0.461 e. The van der Waals surface area contributed by atoms with E-state index in [1.165, 1.54) is 30.4 Å². The van der Waals surface area contributed by atoms with E-state index in [2.05, 4.69) is 24.8 Å². The molecule has 4 atom stereocenters. The smallest absolute Gasteiger partial charge is 0.311 e. The molecule has 0 spiro atoms. The molecule has 2 fully saturated rings. The van der Waals surface area contributed by atoms with Gasteiger partial charge in [0.05, 0.1) is 12.0 Å². The maximum absolute atomic E-state index is 12.5. The molecule has 0 unspecified atom stereocenters. The number of piperidine rings is 1. The van der Waals surface area contributed by atoms with Crippen molar-refractivity contribution in [3.8, 4) is 0 Å².